The monoisotopic (exact) mass is 951 g/mol. The summed E-state index contributed by atoms with van der Waals surface area (Å²) in [6, 6.07) is 0. The molecule has 3 aromatic heterocycles. The number of phenols is 2. The predicted octanol–water partition coefficient (Wildman–Crippen LogP) is -32.4. The molecule has 33 heteroatoms. The fourth-order valence-electron chi connectivity index (χ4n) is 12.1. The van der Waals surface area contributed by atoms with Crippen molar-refractivity contribution in [3.63, 3.8) is 0 Å². The predicted molar refractivity (Wildman–Crippen MR) is 393 cm³/mol. The third-order valence-electron chi connectivity index (χ3n) is 18.9. The topological polar surface area (TPSA) is 131 Å². The van der Waals surface area contributed by atoms with Gasteiger partial charge in [0, 0.05) is 38.6 Å². The minimum Gasteiger partial charge on any atom is -0.508 e. The molecule has 0 aliphatic heterocycles. The Morgan fingerprint density at radius 1 is 0.200 bits per heavy atom. The van der Waals surface area contributed by atoms with Gasteiger partial charge in [-0.3, -0.25) is 0 Å². The molecule has 0 atom stereocenters. The summed E-state index contributed by atoms with van der Waals surface area (Å²) in [6.45, 7) is 0. The maximum atomic E-state index is 11.9. The van der Waals surface area contributed by atoms with Crippen LogP contribution >= 0.6 is 0 Å². The highest BCUT2D eigenvalue weighted by Gasteiger charge is 2.30. The number of aromatic nitrogens is 6. The number of fused-ring (bicyclic) bond motifs is 3. The van der Waals surface area contributed by atoms with Crippen LogP contribution in [0.2, 0.25) is 0 Å². The molecule has 0 amide bonds. The van der Waals surface area contributed by atoms with Crippen LogP contribution in [0.4, 0.5) is 0 Å². The van der Waals surface area contributed by atoms with Crippen LogP contribution in [-0.4, -0.2) is 228 Å². The lowest BCUT2D eigenvalue weighted by Crippen LogP contribution is -2.55. The number of hydrogen-bond donors (Lipinski definition) is 2. The minimum atomic E-state index is -0.0628. The Hall–Kier alpha value is -5.70. The van der Waals surface area contributed by atoms with Gasteiger partial charge in [-0.15, -0.1) is 38.2 Å². The van der Waals surface area contributed by atoms with Crippen molar-refractivity contribution in [1.82, 2.24) is 29.9 Å². The summed E-state index contributed by atoms with van der Waals surface area (Å²) in [5, 5.41) is 26.1. The van der Waals surface area contributed by atoms with Gasteiger partial charge in [-0.2, -0.15) is 0 Å². The van der Waals surface area contributed by atoms with E-state index in [1.54, 1.807) is 0 Å². The van der Waals surface area contributed by atoms with Crippen LogP contribution in [0.1, 0.15) is 0 Å². The minimum absolute atomic E-state index is 0.0628. The molecule has 0 fully saturated rings. The second-order valence-corrected chi connectivity index (χ2v) is 22.1. The summed E-state index contributed by atoms with van der Waals surface area (Å²) in [6.07, 6.45) is 0. The SMILES string of the molecule is Bc1c(B)c(B)c(-c2nc(-c3c(B)c(B)c(B)c(-c4nc(-c5c(B)c(B)c(B)c(B)c5B)nc(-c5c(B)c(B)c6c(oc7c(B)c(B)c(B)c(B)c76)c5B)n4)c3B)nc(-c3c(O)c(B)c(B)c(B)c3O)n2)c(B)c1B. The van der Waals surface area contributed by atoms with Gasteiger partial charge < -0.3 is 14.6 Å². The zero-order valence-corrected chi connectivity index (χ0v) is 49.0. The van der Waals surface area contributed by atoms with Gasteiger partial charge >= 0.3 is 0 Å². The quantitative estimate of drug-likeness (QED) is 0.156. The number of hydrogen-bond acceptors (Lipinski definition) is 9. The van der Waals surface area contributed by atoms with E-state index in [1.165, 1.54) is 43.6 Å². The van der Waals surface area contributed by atoms with Crippen LogP contribution in [0.5, 0.6) is 11.5 Å². The first-order valence-electron chi connectivity index (χ1n) is 26.3. The highest BCUT2D eigenvalue weighted by Crippen LogP contribution is 2.34. The molecule has 0 bridgehead atoms. The Morgan fingerprint density at radius 2 is 0.400 bits per heavy atom. The van der Waals surface area contributed by atoms with Gasteiger partial charge in [-0.05, 0) is 5.46 Å². The molecule has 0 saturated carbocycles. The van der Waals surface area contributed by atoms with Crippen LogP contribution in [0.25, 0.3) is 90.3 Å². The van der Waals surface area contributed by atoms with Gasteiger partial charge in [0.25, 0.3) is 0 Å². The van der Waals surface area contributed by atoms with E-state index < -0.39 is 0 Å². The van der Waals surface area contributed by atoms with Crippen molar-refractivity contribution in [2.75, 3.05) is 0 Å². The maximum Gasteiger partial charge on any atom is 0.171 e. The zero-order chi connectivity index (χ0) is 55.2. The van der Waals surface area contributed by atoms with Gasteiger partial charge in [0.1, 0.15) is 217 Å². The molecular weight excluding hydrogens is 896 g/mol. The molecule has 338 valence electrons. The molecule has 0 saturated heterocycles. The summed E-state index contributed by atoms with van der Waals surface area (Å²) in [4.78, 5) is 32.5. The van der Waals surface area contributed by atoms with Gasteiger partial charge in [0.05, 0.1) is 0 Å². The third kappa shape index (κ3) is 7.95. The number of rotatable bonds is 6. The molecule has 9 nitrogen and oxygen atoms in total. The van der Waals surface area contributed by atoms with E-state index in [0.29, 0.717) is 40.0 Å². The van der Waals surface area contributed by atoms with Gasteiger partial charge in [-0.25, -0.2) is 29.9 Å². The van der Waals surface area contributed by atoms with Crippen molar-refractivity contribution in [1.29, 1.82) is 0 Å². The second-order valence-electron chi connectivity index (χ2n) is 22.1. The van der Waals surface area contributed by atoms with Crippen molar-refractivity contribution in [3.05, 3.63) is 0 Å². The summed E-state index contributed by atoms with van der Waals surface area (Å²) in [7, 11) is 51.0. The Balaban J connectivity index is 1.41. The van der Waals surface area contributed by atoms with Crippen LogP contribution in [0, 0.1) is 0 Å². The van der Waals surface area contributed by atoms with E-state index in [2.05, 4.69) is 165 Å². The fourth-order valence-corrected chi connectivity index (χ4v) is 12.1. The fraction of sp³-hybridized carbons (Fsp3) is 0. The average molecular weight is 946 g/mol. The highest BCUT2D eigenvalue weighted by molar-refractivity contribution is 6.72. The molecule has 0 aliphatic carbocycles. The lowest BCUT2D eigenvalue weighted by molar-refractivity contribution is 0.459. The molecule has 6 aromatic carbocycles. The van der Waals surface area contributed by atoms with Gasteiger partial charge in [0.15, 0.2) is 34.9 Å². The number of benzene rings is 6. The average Bonchev–Trinajstić information content (AvgIpc) is 3.79. The number of aromatic hydroxyl groups is 2. The molecular formula is C42H50B24N6O3. The summed E-state index contributed by atoms with van der Waals surface area (Å²) in [5.74, 6) is 2.64. The molecule has 3 heterocycles. The summed E-state index contributed by atoms with van der Waals surface area (Å²) >= 11 is 0. The third-order valence-corrected chi connectivity index (χ3v) is 18.9. The van der Waals surface area contributed by atoms with E-state index in [4.69, 9.17) is 34.3 Å². The highest BCUT2D eigenvalue weighted by atomic mass is 16.3. The first-order valence-corrected chi connectivity index (χ1v) is 26.3. The zero-order valence-electron chi connectivity index (χ0n) is 49.0. The van der Waals surface area contributed by atoms with Gasteiger partial charge in [-0.1, -0.05) is 87.4 Å². The second kappa shape index (κ2) is 19.1. The molecule has 75 heavy (non-hydrogen) atoms. The van der Waals surface area contributed by atoms with Crippen molar-refractivity contribution in [2.24, 2.45) is 0 Å². The largest absolute Gasteiger partial charge is 0.508 e. The lowest BCUT2D eigenvalue weighted by Gasteiger charge is -2.24. The first kappa shape index (κ1) is 54.1. The first-order chi connectivity index (χ1) is 35.1. The molecule has 9 aromatic rings. The van der Waals surface area contributed by atoms with Crippen molar-refractivity contribution in [2.45, 2.75) is 0 Å². The van der Waals surface area contributed by atoms with E-state index >= 15 is 0 Å². The molecule has 0 unspecified atom stereocenters. The van der Waals surface area contributed by atoms with Crippen LogP contribution < -0.4 is 131 Å². The lowest BCUT2D eigenvalue weighted by atomic mass is 9.60. The molecule has 2 N–H and O–H groups in total. The van der Waals surface area contributed by atoms with Crippen molar-refractivity contribution >= 4 is 341 Å². The smallest absolute Gasteiger partial charge is 0.171 e. The van der Waals surface area contributed by atoms with E-state index in [1.807, 2.05) is 23.5 Å². The number of furan rings is 1. The van der Waals surface area contributed by atoms with Crippen LogP contribution in [0.15, 0.2) is 4.42 Å². The number of phenolic OH excluding ortho intramolecular Hbond substituents is 2. The van der Waals surface area contributed by atoms with Crippen molar-refractivity contribution in [3.8, 4) is 79.8 Å². The number of nitrogens with zero attached hydrogens (tertiary/aromatic N) is 6. The summed E-state index contributed by atoms with van der Waals surface area (Å²) < 4.78 is 7.00. The Morgan fingerprint density at radius 3 is 0.747 bits per heavy atom. The van der Waals surface area contributed by atoms with Crippen molar-refractivity contribution < 1.29 is 14.6 Å². The Kier molecular flexibility index (Phi) is 13.8. The summed E-state index contributed by atoms with van der Waals surface area (Å²) in [5.41, 5.74) is 32.2. The standard InChI is InChI=1S/C42H50B24N6O3/c43-9-3(13(47)20(54)14(48)4(9)38-68-40(6-17(51)24(58)27(61)25(59)18(6)52)72-42(71-38)8-33(73)30(64)29(63)31(65)34(8)74)37-67-39(5-15(49)22(56)26(60)23(57)16(5)50)70-41(69-37)7-12(46)10(44)1-2-11(45)21(55)28(62)32(66)36(2)75-35(1)19(7)53/h73-74H,43-66H2. The maximum absolute atomic E-state index is 11.9. The Bertz CT molecular complexity index is 3940. The Labute approximate surface area is 462 Å². The van der Waals surface area contributed by atoms with E-state index in [0.717, 1.165) is 126 Å². The molecule has 0 aliphatic rings. The van der Waals surface area contributed by atoms with Gasteiger partial charge in [0.2, 0.25) is 0 Å². The van der Waals surface area contributed by atoms with Crippen LogP contribution in [-0.2, 0) is 0 Å². The van der Waals surface area contributed by atoms with E-state index in [9.17, 15) is 10.2 Å². The van der Waals surface area contributed by atoms with Crippen LogP contribution in [0.3, 0.4) is 0 Å². The molecule has 0 spiro atoms. The normalized spacial score (nSPS) is 11.5. The molecule has 0 radical (unpaired) electrons. The molecule has 9 rings (SSSR count). The van der Waals surface area contributed by atoms with E-state index in [-0.39, 0.29) is 22.9 Å².